The normalized spacial score (nSPS) is 17.5. The zero-order valence-corrected chi connectivity index (χ0v) is 16.6. The summed E-state index contributed by atoms with van der Waals surface area (Å²) in [5.74, 6) is 1.89. The first-order valence-corrected chi connectivity index (χ1v) is 8.65. The summed E-state index contributed by atoms with van der Waals surface area (Å²) >= 11 is 0. The molecule has 0 bridgehead atoms. The smallest absolute Gasteiger partial charge is 0.220 e. The Morgan fingerprint density at radius 1 is 1.42 bits per heavy atom. The van der Waals surface area contributed by atoms with Crippen LogP contribution in [0.15, 0.2) is 36.8 Å². The molecule has 1 aliphatic heterocycles. The molecule has 0 aliphatic carbocycles. The summed E-state index contributed by atoms with van der Waals surface area (Å²) in [6.45, 7) is 4.84. The fourth-order valence-corrected chi connectivity index (χ4v) is 3.20. The fraction of sp³-hybridized carbons (Fsp3) is 0.500. The molecule has 0 spiro atoms. The Bertz CT molecular complexity index is 659. The van der Waals surface area contributed by atoms with Crippen LogP contribution in [-0.4, -0.2) is 33.8 Å². The molecule has 1 saturated heterocycles. The summed E-state index contributed by atoms with van der Waals surface area (Å²) in [6, 6.07) is 5.72. The van der Waals surface area contributed by atoms with Crippen molar-refractivity contribution in [3.8, 4) is 5.82 Å². The lowest BCUT2D eigenvalue weighted by Gasteiger charge is -2.28. The summed E-state index contributed by atoms with van der Waals surface area (Å²) in [6.07, 6.45) is 8.34. The van der Waals surface area contributed by atoms with Crippen LogP contribution in [0.1, 0.15) is 31.7 Å². The Hall–Kier alpha value is -1.63. The summed E-state index contributed by atoms with van der Waals surface area (Å²) in [7, 11) is 0. The summed E-state index contributed by atoms with van der Waals surface area (Å²) in [5.41, 5.74) is 1.02. The summed E-state index contributed by atoms with van der Waals surface area (Å²) in [5, 5.41) is 10.6. The Morgan fingerprint density at radius 3 is 2.96 bits per heavy atom. The second-order valence-corrected chi connectivity index (χ2v) is 6.54. The van der Waals surface area contributed by atoms with Gasteiger partial charge in [0.25, 0.3) is 0 Å². The Labute approximate surface area is 167 Å². The van der Waals surface area contributed by atoms with Gasteiger partial charge in [-0.25, -0.2) is 9.67 Å². The van der Waals surface area contributed by atoms with Gasteiger partial charge in [0.05, 0.1) is 0 Å². The van der Waals surface area contributed by atoms with Gasteiger partial charge in [-0.05, 0) is 61.5 Å². The van der Waals surface area contributed by atoms with E-state index >= 15 is 0 Å². The van der Waals surface area contributed by atoms with E-state index < -0.39 is 0 Å². The highest BCUT2D eigenvalue weighted by molar-refractivity contribution is 5.85. The van der Waals surface area contributed by atoms with Gasteiger partial charge in [0.15, 0.2) is 5.82 Å². The van der Waals surface area contributed by atoms with E-state index in [4.69, 9.17) is 0 Å². The van der Waals surface area contributed by atoms with Crippen molar-refractivity contribution < 1.29 is 4.79 Å². The topological polar surface area (TPSA) is 71.8 Å². The third kappa shape index (κ3) is 6.27. The molecule has 26 heavy (non-hydrogen) atoms. The third-order valence-electron chi connectivity index (χ3n) is 4.69. The Balaban J connectivity index is 0.00000169. The van der Waals surface area contributed by atoms with E-state index in [1.807, 2.05) is 24.4 Å². The molecule has 0 radical (unpaired) electrons. The highest BCUT2D eigenvalue weighted by Crippen LogP contribution is 2.22. The van der Waals surface area contributed by atoms with Crippen LogP contribution in [0.25, 0.3) is 5.82 Å². The molecular formula is C18H27Cl2N5O. The number of aromatic nitrogens is 3. The van der Waals surface area contributed by atoms with Crippen molar-refractivity contribution in [2.24, 2.45) is 11.8 Å². The maximum absolute atomic E-state index is 12.2. The predicted octanol–water partition coefficient (Wildman–Crippen LogP) is 2.75. The zero-order valence-electron chi connectivity index (χ0n) is 14.9. The Morgan fingerprint density at radius 2 is 2.27 bits per heavy atom. The van der Waals surface area contributed by atoms with E-state index in [-0.39, 0.29) is 30.7 Å². The Kier molecular flexibility index (Phi) is 9.62. The van der Waals surface area contributed by atoms with Gasteiger partial charge in [-0.1, -0.05) is 6.92 Å². The molecule has 8 heteroatoms. The van der Waals surface area contributed by atoms with Crippen molar-refractivity contribution in [3.05, 3.63) is 42.4 Å². The number of amides is 1. The number of hydrogen-bond donors (Lipinski definition) is 2. The summed E-state index contributed by atoms with van der Waals surface area (Å²) in [4.78, 5) is 16.5. The number of pyridine rings is 1. The van der Waals surface area contributed by atoms with E-state index in [1.165, 1.54) is 12.8 Å². The minimum absolute atomic E-state index is 0. The average molecular weight is 400 g/mol. The van der Waals surface area contributed by atoms with Crippen molar-refractivity contribution >= 4 is 30.7 Å². The summed E-state index contributed by atoms with van der Waals surface area (Å²) < 4.78 is 1.71. The molecule has 6 nitrogen and oxygen atoms in total. The number of nitrogens with one attached hydrogen (secondary N) is 2. The van der Waals surface area contributed by atoms with Crippen LogP contribution in [0.5, 0.6) is 0 Å². The first kappa shape index (κ1) is 22.4. The number of carbonyl (C=O) groups is 1. The van der Waals surface area contributed by atoms with E-state index in [0.717, 1.165) is 24.5 Å². The highest BCUT2D eigenvalue weighted by atomic mass is 35.5. The second-order valence-electron chi connectivity index (χ2n) is 6.54. The fourth-order valence-electron chi connectivity index (χ4n) is 3.20. The number of hydrogen-bond acceptors (Lipinski definition) is 4. The minimum Gasteiger partial charge on any atom is -0.352 e. The lowest BCUT2D eigenvalue weighted by atomic mass is 9.85. The molecule has 0 aromatic carbocycles. The van der Waals surface area contributed by atoms with Crippen LogP contribution in [0.2, 0.25) is 0 Å². The molecule has 3 heterocycles. The van der Waals surface area contributed by atoms with E-state index in [1.54, 1.807) is 17.1 Å². The van der Waals surface area contributed by atoms with Crippen molar-refractivity contribution in [2.45, 2.75) is 32.7 Å². The molecule has 2 aromatic rings. The molecule has 0 saturated carbocycles. The number of piperidine rings is 1. The van der Waals surface area contributed by atoms with Gasteiger partial charge in [-0.2, -0.15) is 5.10 Å². The third-order valence-corrected chi connectivity index (χ3v) is 4.69. The minimum atomic E-state index is 0. The molecule has 2 atom stereocenters. The zero-order chi connectivity index (χ0) is 16.8. The molecule has 2 unspecified atom stereocenters. The molecule has 1 amide bonds. The van der Waals surface area contributed by atoms with Crippen molar-refractivity contribution in [1.29, 1.82) is 0 Å². The van der Waals surface area contributed by atoms with Gasteiger partial charge in [0, 0.05) is 31.6 Å². The van der Waals surface area contributed by atoms with Crippen LogP contribution >= 0.6 is 24.8 Å². The number of nitrogens with zero attached hydrogens (tertiary/aromatic N) is 3. The molecule has 2 N–H and O–H groups in total. The lowest BCUT2D eigenvalue weighted by molar-refractivity contribution is -0.122. The van der Waals surface area contributed by atoms with Crippen LogP contribution in [0.4, 0.5) is 0 Å². The molecule has 2 aromatic heterocycles. The van der Waals surface area contributed by atoms with E-state index in [0.29, 0.717) is 24.8 Å². The molecule has 144 valence electrons. The number of carbonyl (C=O) groups excluding carboxylic acids is 1. The number of halogens is 2. The molecular weight excluding hydrogens is 373 g/mol. The molecule has 3 rings (SSSR count). The average Bonchev–Trinajstić information content (AvgIpc) is 3.16. The van der Waals surface area contributed by atoms with E-state index in [2.05, 4.69) is 27.6 Å². The highest BCUT2D eigenvalue weighted by Gasteiger charge is 2.21. The van der Waals surface area contributed by atoms with Crippen LogP contribution in [0, 0.1) is 11.8 Å². The van der Waals surface area contributed by atoms with E-state index in [9.17, 15) is 4.79 Å². The first-order valence-electron chi connectivity index (χ1n) is 8.65. The van der Waals surface area contributed by atoms with Crippen LogP contribution < -0.4 is 10.6 Å². The lowest BCUT2D eigenvalue weighted by Crippen LogP contribution is -2.35. The van der Waals surface area contributed by atoms with Gasteiger partial charge < -0.3 is 10.6 Å². The van der Waals surface area contributed by atoms with Gasteiger partial charge >= 0.3 is 0 Å². The second kappa shape index (κ2) is 11.2. The van der Waals surface area contributed by atoms with Gasteiger partial charge in [0.2, 0.25) is 5.91 Å². The van der Waals surface area contributed by atoms with Crippen molar-refractivity contribution in [3.63, 3.8) is 0 Å². The quantitative estimate of drug-likeness (QED) is 0.782. The SMILES string of the molecule is CC(CC(=O)NCc1ccnc(-n2cccn2)c1)C1CCCNC1.Cl.Cl. The molecule has 1 fully saturated rings. The predicted molar refractivity (Wildman–Crippen MR) is 107 cm³/mol. The largest absolute Gasteiger partial charge is 0.352 e. The van der Waals surface area contributed by atoms with Crippen LogP contribution in [0.3, 0.4) is 0 Å². The van der Waals surface area contributed by atoms with Gasteiger partial charge in [-0.15, -0.1) is 24.8 Å². The monoisotopic (exact) mass is 399 g/mol. The first-order chi connectivity index (χ1) is 11.7. The molecule has 1 aliphatic rings. The van der Waals surface area contributed by atoms with Crippen molar-refractivity contribution in [2.75, 3.05) is 13.1 Å². The van der Waals surface area contributed by atoms with Crippen molar-refractivity contribution in [1.82, 2.24) is 25.4 Å². The number of rotatable bonds is 6. The van der Waals surface area contributed by atoms with Crippen LogP contribution in [-0.2, 0) is 11.3 Å². The standard InChI is InChI=1S/C18H25N5O.2ClH/c1-14(16-4-2-6-19-13-16)10-18(24)21-12-15-5-8-20-17(11-15)23-9-3-7-22-23;;/h3,5,7-9,11,14,16,19H,2,4,6,10,12-13H2,1H3,(H,21,24);2*1H. The maximum atomic E-state index is 12.2. The van der Waals surface area contributed by atoms with Gasteiger partial charge in [-0.3, -0.25) is 4.79 Å². The van der Waals surface area contributed by atoms with Gasteiger partial charge in [0.1, 0.15) is 0 Å². The maximum Gasteiger partial charge on any atom is 0.220 e.